The Hall–Kier alpha value is -1.31. The van der Waals surface area contributed by atoms with E-state index >= 15 is 0 Å². The molecule has 2 N–H and O–H groups in total. The van der Waals surface area contributed by atoms with E-state index in [4.69, 9.17) is 9.57 Å². The number of alkyl carbamates (subject to hydrolysis) is 1. The fraction of sp³-hybridized carbons (Fsp3) is 0.588. The van der Waals surface area contributed by atoms with Gasteiger partial charge in [-0.25, -0.2) is 21.0 Å². The zero-order valence-corrected chi connectivity index (χ0v) is 19.5. The molecule has 9 nitrogen and oxygen atoms in total. The van der Waals surface area contributed by atoms with Crippen molar-refractivity contribution in [1.82, 2.24) is 10.0 Å². The third-order valence-corrected chi connectivity index (χ3v) is 6.16. The molecule has 0 aliphatic carbocycles. The zero-order chi connectivity index (χ0) is 21.2. The van der Waals surface area contributed by atoms with Crippen LogP contribution in [0.25, 0.3) is 0 Å². The topological polar surface area (TPSA) is 114 Å². The average molecular weight is 529 g/mol. The lowest BCUT2D eigenvalue weighted by molar-refractivity contribution is 0.0527. The Labute approximate surface area is 177 Å². The number of carbonyl (C=O) groups excluding carboxylic acids is 1. The standard InChI is InChI=1S/C17H28IN3O6S/c1-17(2,3)27-16(22)19-12-8-5-9-13-20-28(24,25)15-11-7-6-10-14(15)21(18-23)26-4/h6-7,10-11,20H,5,8-9,12-13H2,1-4H3,(H,19,22). The quantitative estimate of drug-likeness (QED) is 0.196. The van der Waals surface area contributed by atoms with Gasteiger partial charge in [-0.3, -0.25) is 4.84 Å². The molecule has 160 valence electrons. The van der Waals surface area contributed by atoms with E-state index in [1.54, 1.807) is 32.9 Å². The molecule has 0 fully saturated rings. The monoisotopic (exact) mass is 529 g/mol. The fourth-order valence-electron chi connectivity index (χ4n) is 2.21. The van der Waals surface area contributed by atoms with Crippen molar-refractivity contribution >= 4 is 43.3 Å². The molecule has 11 heteroatoms. The third kappa shape index (κ3) is 8.80. The number of halogens is 1. The van der Waals surface area contributed by atoms with E-state index < -0.39 is 43.2 Å². The maximum absolute atomic E-state index is 12.5. The molecule has 0 saturated heterocycles. The molecule has 0 aliphatic heterocycles. The summed E-state index contributed by atoms with van der Waals surface area (Å²) in [6, 6.07) is 6.22. The van der Waals surface area contributed by atoms with Crippen molar-refractivity contribution in [1.29, 1.82) is 0 Å². The van der Waals surface area contributed by atoms with Gasteiger partial charge in [0.1, 0.15) is 10.5 Å². The highest BCUT2D eigenvalue weighted by atomic mass is 127. The van der Waals surface area contributed by atoms with Crippen LogP contribution in [0.3, 0.4) is 0 Å². The fourth-order valence-corrected chi connectivity index (χ4v) is 4.42. The molecular weight excluding hydrogens is 501 g/mol. The molecule has 1 aromatic rings. The summed E-state index contributed by atoms with van der Waals surface area (Å²) < 4.78 is 45.1. The van der Waals surface area contributed by atoms with E-state index in [0.29, 0.717) is 19.4 Å². The predicted molar refractivity (Wildman–Crippen MR) is 114 cm³/mol. The molecule has 0 unspecified atom stereocenters. The largest absolute Gasteiger partial charge is 0.444 e. The Balaban J connectivity index is 2.44. The average Bonchev–Trinajstić information content (AvgIpc) is 2.61. The molecule has 1 aromatic carbocycles. The second-order valence-electron chi connectivity index (χ2n) is 6.85. The molecule has 0 heterocycles. The maximum atomic E-state index is 12.5. The van der Waals surface area contributed by atoms with Crippen molar-refractivity contribution in [3.05, 3.63) is 24.3 Å². The van der Waals surface area contributed by atoms with Crippen LogP contribution >= 0.6 is 21.5 Å². The second kappa shape index (κ2) is 11.6. The van der Waals surface area contributed by atoms with Gasteiger partial charge >= 0.3 is 6.09 Å². The van der Waals surface area contributed by atoms with Gasteiger partial charge in [0.25, 0.3) is 21.5 Å². The minimum absolute atomic E-state index is 0.0130. The number of nitrogens with one attached hydrogen (secondary N) is 2. The van der Waals surface area contributed by atoms with Gasteiger partial charge < -0.3 is 10.1 Å². The van der Waals surface area contributed by atoms with Crippen LogP contribution in [-0.2, 0) is 22.7 Å². The van der Waals surface area contributed by atoms with Crippen molar-refractivity contribution in [3.63, 3.8) is 0 Å². The lowest BCUT2D eigenvalue weighted by Crippen LogP contribution is -2.33. The van der Waals surface area contributed by atoms with Crippen molar-refractivity contribution < 1.29 is 25.9 Å². The van der Waals surface area contributed by atoms with Gasteiger partial charge in [0, 0.05) is 13.1 Å². The van der Waals surface area contributed by atoms with E-state index in [2.05, 4.69) is 10.0 Å². The van der Waals surface area contributed by atoms with Crippen LogP contribution in [0.1, 0.15) is 40.0 Å². The van der Waals surface area contributed by atoms with Crippen LogP contribution in [0, 0.1) is 0 Å². The maximum Gasteiger partial charge on any atom is 0.407 e. The summed E-state index contributed by atoms with van der Waals surface area (Å²) in [7, 11) is -2.43. The first-order valence-electron chi connectivity index (χ1n) is 8.78. The Kier molecular flexibility index (Phi) is 10.3. The molecule has 28 heavy (non-hydrogen) atoms. The number of hydrogen-bond acceptors (Lipinski definition) is 6. The van der Waals surface area contributed by atoms with Gasteiger partial charge in [0.2, 0.25) is 10.0 Å². The Morgan fingerprint density at radius 1 is 1.14 bits per heavy atom. The highest BCUT2D eigenvalue weighted by molar-refractivity contribution is 14.1. The van der Waals surface area contributed by atoms with Gasteiger partial charge in [0.15, 0.2) is 0 Å². The lowest BCUT2D eigenvalue weighted by atomic mass is 10.2. The smallest absolute Gasteiger partial charge is 0.407 e. The molecule has 0 aliphatic rings. The van der Waals surface area contributed by atoms with Crippen molar-refractivity contribution in [3.8, 4) is 0 Å². The van der Waals surface area contributed by atoms with Gasteiger partial charge in [-0.1, -0.05) is 18.6 Å². The molecular formula is C17H28IN3O6S. The zero-order valence-electron chi connectivity index (χ0n) is 16.5. The summed E-state index contributed by atoms with van der Waals surface area (Å²) in [5, 5.41) is 2.66. The summed E-state index contributed by atoms with van der Waals surface area (Å²) >= 11 is -1.72. The summed E-state index contributed by atoms with van der Waals surface area (Å²) in [5.41, 5.74) is -0.299. The van der Waals surface area contributed by atoms with E-state index in [0.717, 1.165) is 9.70 Å². The Morgan fingerprint density at radius 3 is 2.39 bits per heavy atom. The molecule has 0 radical (unpaired) electrons. The number of ether oxygens (including phenoxy) is 1. The van der Waals surface area contributed by atoms with Crippen LogP contribution in [0.5, 0.6) is 0 Å². The summed E-state index contributed by atoms with van der Waals surface area (Å²) in [6.07, 6.45) is 1.58. The minimum atomic E-state index is -3.77. The van der Waals surface area contributed by atoms with Crippen LogP contribution in [-0.4, -0.2) is 40.3 Å². The predicted octanol–water partition coefficient (Wildman–Crippen LogP) is 3.26. The number of unbranched alkanes of at least 4 members (excludes halogenated alkanes) is 2. The number of anilines is 1. The van der Waals surface area contributed by atoms with Crippen molar-refractivity contribution in [2.75, 3.05) is 23.5 Å². The third-order valence-electron chi connectivity index (χ3n) is 3.38. The first-order valence-corrected chi connectivity index (χ1v) is 12.1. The number of rotatable bonds is 11. The van der Waals surface area contributed by atoms with Crippen molar-refractivity contribution in [2.45, 2.75) is 50.5 Å². The molecule has 0 spiro atoms. The van der Waals surface area contributed by atoms with Crippen LogP contribution < -0.4 is 13.3 Å². The van der Waals surface area contributed by atoms with E-state index in [-0.39, 0.29) is 17.1 Å². The van der Waals surface area contributed by atoms with Gasteiger partial charge in [-0.2, -0.15) is 3.28 Å². The second-order valence-corrected chi connectivity index (χ2v) is 9.86. The van der Waals surface area contributed by atoms with Crippen LogP contribution in [0.4, 0.5) is 10.5 Å². The number of sulfonamides is 1. The minimum Gasteiger partial charge on any atom is -0.444 e. The molecule has 0 aromatic heterocycles. The molecule has 0 atom stereocenters. The SMILES string of the molecule is CON(I=O)c1ccccc1S(=O)(=O)NCCCCCNC(=O)OC(C)(C)C. The number of benzene rings is 1. The van der Waals surface area contributed by atoms with Crippen LogP contribution in [0.2, 0.25) is 0 Å². The van der Waals surface area contributed by atoms with E-state index in [9.17, 15) is 16.3 Å². The van der Waals surface area contributed by atoms with Gasteiger partial charge in [-0.15, -0.1) is 0 Å². The summed E-state index contributed by atoms with van der Waals surface area (Å²) in [6.45, 7) is 6.09. The number of nitrogens with zero attached hydrogens (tertiary/aromatic N) is 1. The lowest BCUT2D eigenvalue weighted by Gasteiger charge is -2.19. The normalized spacial score (nSPS) is 11.9. The van der Waals surface area contributed by atoms with Gasteiger partial charge in [0.05, 0.1) is 12.8 Å². The van der Waals surface area contributed by atoms with Crippen LogP contribution in [0.15, 0.2) is 29.2 Å². The highest BCUT2D eigenvalue weighted by Crippen LogP contribution is 2.29. The Morgan fingerprint density at radius 2 is 1.79 bits per heavy atom. The molecule has 0 bridgehead atoms. The Bertz CT molecular complexity index is 752. The van der Waals surface area contributed by atoms with E-state index in [1.807, 2.05) is 0 Å². The highest BCUT2D eigenvalue weighted by Gasteiger charge is 2.22. The molecule has 1 rings (SSSR count). The number of carbonyl (C=O) groups is 1. The molecule has 1 amide bonds. The number of hydrogen-bond donors (Lipinski definition) is 2. The first kappa shape index (κ1) is 24.7. The summed E-state index contributed by atoms with van der Waals surface area (Å²) in [4.78, 5) is 16.5. The first-order chi connectivity index (χ1) is 13.1. The number of amides is 1. The van der Waals surface area contributed by atoms with Crippen molar-refractivity contribution in [2.24, 2.45) is 0 Å². The van der Waals surface area contributed by atoms with E-state index in [1.165, 1.54) is 19.2 Å². The van der Waals surface area contributed by atoms with Gasteiger partial charge in [-0.05, 0) is 45.7 Å². The summed E-state index contributed by atoms with van der Waals surface area (Å²) in [5.74, 6) is 0. The number of para-hydroxylation sites is 1. The molecule has 0 saturated carbocycles.